The van der Waals surface area contributed by atoms with Gasteiger partial charge in [-0.05, 0) is 16.1 Å². The summed E-state index contributed by atoms with van der Waals surface area (Å²) >= 11 is 1.90. The Hall–Kier alpha value is -1.75. The minimum Gasteiger partial charge on any atom is -0.496 e. The first-order valence-corrected chi connectivity index (χ1v) is 6.14. The number of hydrogen-bond acceptors (Lipinski definition) is 4. The summed E-state index contributed by atoms with van der Waals surface area (Å²) in [4.78, 5) is 11.5. The first-order valence-electron chi connectivity index (χ1n) is 5.06. The molecule has 0 fully saturated rings. The Kier molecular flexibility index (Phi) is 4.04. The smallest absolute Gasteiger partial charge is 0.438 e. The fourth-order valence-electron chi connectivity index (χ4n) is 1.44. The Morgan fingerprint density at radius 1 is 1.50 bits per heavy atom. The number of ether oxygens (including phenoxy) is 1. The van der Waals surface area contributed by atoms with E-state index in [-0.39, 0.29) is 12.4 Å². The molecule has 0 radical (unpaired) electrons. The van der Waals surface area contributed by atoms with Gasteiger partial charge in [0, 0.05) is 22.6 Å². The summed E-state index contributed by atoms with van der Waals surface area (Å²) in [6.45, 7) is 0.209. The van der Waals surface area contributed by atoms with Crippen molar-refractivity contribution < 1.29 is 9.15 Å². The summed E-state index contributed by atoms with van der Waals surface area (Å²) in [6.07, 6.45) is 0. The van der Waals surface area contributed by atoms with Crippen molar-refractivity contribution >= 4 is 22.6 Å². The predicted octanol–water partition coefficient (Wildman–Crippen LogP) is 1.91. The molecule has 1 aromatic carbocycles. The average Bonchev–Trinajstić information content (AvgIpc) is 2.77. The number of rotatable bonds is 3. The number of methoxy groups -OCH3 is 1. The third-order valence-electron chi connectivity index (χ3n) is 2.24. The van der Waals surface area contributed by atoms with Gasteiger partial charge >= 0.3 is 5.76 Å². The van der Waals surface area contributed by atoms with E-state index in [2.05, 4.69) is 14.9 Å². The Labute approximate surface area is 117 Å². The van der Waals surface area contributed by atoms with E-state index in [4.69, 9.17) is 9.15 Å². The van der Waals surface area contributed by atoms with Gasteiger partial charge in [0.25, 0.3) is 5.89 Å². The van der Waals surface area contributed by atoms with E-state index >= 15 is 0 Å². The zero-order valence-corrected chi connectivity index (χ0v) is 11.7. The summed E-state index contributed by atoms with van der Waals surface area (Å²) in [5, 5.41) is 4.08. The average molecular weight is 356 g/mol. The maximum absolute atomic E-state index is 11.5. The van der Waals surface area contributed by atoms with E-state index < -0.39 is 5.76 Å². The molecule has 0 saturated heterocycles. The zero-order valence-electron chi connectivity index (χ0n) is 9.51. The fraction of sp³-hybridized carbons (Fsp3) is 0.167. The summed E-state index contributed by atoms with van der Waals surface area (Å²) in [5.41, 5.74) is 0.637. The van der Waals surface area contributed by atoms with Crippen molar-refractivity contribution in [2.75, 3.05) is 7.11 Å². The van der Waals surface area contributed by atoms with Crippen LogP contribution in [0.1, 0.15) is 0 Å². The van der Waals surface area contributed by atoms with E-state index in [1.165, 1.54) is 4.68 Å². The number of benzene rings is 1. The Balaban J connectivity index is 2.44. The third-order valence-corrected chi connectivity index (χ3v) is 2.62. The van der Waals surface area contributed by atoms with Crippen LogP contribution in [0, 0.1) is 9.85 Å². The zero-order chi connectivity index (χ0) is 13.0. The van der Waals surface area contributed by atoms with Gasteiger partial charge < -0.3 is 9.15 Å². The second-order valence-electron chi connectivity index (χ2n) is 3.30. The molecule has 1 heterocycles. The van der Waals surface area contributed by atoms with Crippen molar-refractivity contribution in [1.82, 2.24) is 9.78 Å². The molecule has 0 aliphatic carbocycles. The van der Waals surface area contributed by atoms with Crippen molar-refractivity contribution in [2.45, 2.75) is 6.54 Å². The Morgan fingerprint density at radius 2 is 2.28 bits per heavy atom. The van der Waals surface area contributed by atoms with Crippen molar-refractivity contribution in [3.63, 3.8) is 0 Å². The number of nitrogens with zero attached hydrogens (tertiary/aromatic N) is 2. The van der Waals surface area contributed by atoms with Crippen LogP contribution in [0.4, 0.5) is 0 Å². The molecule has 0 unspecified atom stereocenters. The highest BCUT2D eigenvalue weighted by molar-refractivity contribution is 14.1. The maximum atomic E-state index is 11.5. The largest absolute Gasteiger partial charge is 0.496 e. The lowest BCUT2D eigenvalue weighted by Gasteiger charge is -2.02. The van der Waals surface area contributed by atoms with Crippen molar-refractivity contribution in [3.8, 4) is 27.1 Å². The molecule has 0 N–H and O–H groups in total. The minimum absolute atomic E-state index is 0.209. The molecule has 6 heteroatoms. The Morgan fingerprint density at radius 3 is 3.00 bits per heavy atom. The van der Waals surface area contributed by atoms with Crippen LogP contribution in [-0.4, -0.2) is 16.9 Å². The lowest BCUT2D eigenvalue weighted by molar-refractivity contribution is 0.413. The molecule has 92 valence electrons. The van der Waals surface area contributed by atoms with Crippen LogP contribution >= 0.6 is 22.6 Å². The molecule has 0 bridgehead atoms. The van der Waals surface area contributed by atoms with Crippen LogP contribution in [0.3, 0.4) is 0 Å². The van der Waals surface area contributed by atoms with E-state index in [9.17, 15) is 4.79 Å². The monoisotopic (exact) mass is 356 g/mol. The van der Waals surface area contributed by atoms with Crippen molar-refractivity contribution in [3.05, 3.63) is 34.8 Å². The van der Waals surface area contributed by atoms with E-state index in [1.807, 2.05) is 34.7 Å². The number of hydrogen-bond donors (Lipinski definition) is 0. The first kappa shape index (κ1) is 12.7. The highest BCUT2D eigenvalue weighted by Gasteiger charge is 2.13. The first-order chi connectivity index (χ1) is 8.76. The SMILES string of the molecule is COc1ccccc1-c1nn(CC#CI)c(=O)o1. The van der Waals surface area contributed by atoms with Gasteiger partial charge in [0.15, 0.2) is 0 Å². The van der Waals surface area contributed by atoms with Gasteiger partial charge in [-0.15, -0.1) is 5.10 Å². The summed E-state index contributed by atoms with van der Waals surface area (Å²) in [7, 11) is 1.55. The molecule has 2 aromatic rings. The van der Waals surface area contributed by atoms with Gasteiger partial charge in [-0.2, -0.15) is 4.68 Å². The molecule has 0 atom stereocenters. The third kappa shape index (κ3) is 2.56. The minimum atomic E-state index is -0.532. The summed E-state index contributed by atoms with van der Waals surface area (Å²) in [6, 6.07) is 7.21. The van der Waals surface area contributed by atoms with Crippen LogP contribution < -0.4 is 10.5 Å². The van der Waals surface area contributed by atoms with E-state index in [0.717, 1.165) is 0 Å². The second-order valence-corrected chi connectivity index (χ2v) is 3.84. The van der Waals surface area contributed by atoms with Crippen LogP contribution in [0.25, 0.3) is 11.5 Å². The van der Waals surface area contributed by atoms with Gasteiger partial charge in [0.2, 0.25) is 0 Å². The lowest BCUT2D eigenvalue weighted by atomic mass is 10.2. The molecule has 18 heavy (non-hydrogen) atoms. The standard InChI is InChI=1S/C12H9IN2O3/c1-17-10-6-3-2-5-9(10)11-14-15(8-4-7-13)12(16)18-11/h2-3,5-6H,8H2,1H3. The molecule has 0 amide bonds. The van der Waals surface area contributed by atoms with Gasteiger partial charge in [0.05, 0.1) is 12.7 Å². The van der Waals surface area contributed by atoms with Crippen LogP contribution in [0.15, 0.2) is 33.5 Å². The van der Waals surface area contributed by atoms with Gasteiger partial charge in [0.1, 0.15) is 12.3 Å². The van der Waals surface area contributed by atoms with E-state index in [0.29, 0.717) is 11.3 Å². The van der Waals surface area contributed by atoms with Gasteiger partial charge in [-0.25, -0.2) is 4.79 Å². The molecule has 0 saturated carbocycles. The molecule has 0 spiro atoms. The number of aromatic nitrogens is 2. The molecular formula is C12H9IN2O3. The summed E-state index contributed by atoms with van der Waals surface area (Å²) in [5.74, 6) is 3.04. The molecule has 2 rings (SSSR count). The van der Waals surface area contributed by atoms with Gasteiger partial charge in [-0.3, -0.25) is 0 Å². The van der Waals surface area contributed by atoms with Crippen LogP contribution in [0.5, 0.6) is 5.75 Å². The van der Waals surface area contributed by atoms with Crippen molar-refractivity contribution in [2.24, 2.45) is 0 Å². The molecule has 5 nitrogen and oxygen atoms in total. The van der Waals surface area contributed by atoms with E-state index in [1.54, 1.807) is 19.2 Å². The quantitative estimate of drug-likeness (QED) is 0.623. The maximum Gasteiger partial charge on any atom is 0.438 e. The van der Waals surface area contributed by atoms with Gasteiger partial charge in [-0.1, -0.05) is 18.1 Å². The molecule has 1 aromatic heterocycles. The Bertz CT molecular complexity index is 664. The highest BCUT2D eigenvalue weighted by Crippen LogP contribution is 2.26. The predicted molar refractivity (Wildman–Crippen MR) is 74.5 cm³/mol. The lowest BCUT2D eigenvalue weighted by Crippen LogP contribution is -2.14. The fourth-order valence-corrected chi connectivity index (χ4v) is 1.61. The molecule has 0 aliphatic rings. The number of halogens is 1. The van der Waals surface area contributed by atoms with Crippen LogP contribution in [0.2, 0.25) is 0 Å². The topological polar surface area (TPSA) is 57.3 Å². The molecular weight excluding hydrogens is 347 g/mol. The molecule has 0 aliphatic heterocycles. The summed E-state index contributed by atoms with van der Waals surface area (Å²) < 4.78 is 14.1. The second kappa shape index (κ2) is 5.73. The number of para-hydroxylation sites is 1. The highest BCUT2D eigenvalue weighted by atomic mass is 127. The van der Waals surface area contributed by atoms with Crippen molar-refractivity contribution in [1.29, 1.82) is 0 Å². The normalized spacial score (nSPS) is 9.67. The van der Waals surface area contributed by atoms with Crippen LogP contribution in [-0.2, 0) is 6.54 Å².